The van der Waals surface area contributed by atoms with E-state index in [1.54, 1.807) is 12.1 Å². The molecule has 10 heteroatoms. The van der Waals surface area contributed by atoms with Crippen LogP contribution in [0.3, 0.4) is 0 Å². The molecule has 1 atom stereocenters. The third-order valence-corrected chi connectivity index (χ3v) is 3.78. The van der Waals surface area contributed by atoms with Gasteiger partial charge in [-0.1, -0.05) is 12.1 Å². The third kappa shape index (κ3) is 4.53. The van der Waals surface area contributed by atoms with E-state index in [1.165, 1.54) is 12.1 Å². The van der Waals surface area contributed by atoms with E-state index in [0.717, 1.165) is 5.56 Å². The Morgan fingerprint density at radius 3 is 2.20 bits per heavy atom. The summed E-state index contributed by atoms with van der Waals surface area (Å²) in [7, 11) is 0. The Kier molecular flexibility index (Phi) is 5.32. The summed E-state index contributed by atoms with van der Waals surface area (Å²) in [5.74, 6) is -1.65. The van der Waals surface area contributed by atoms with E-state index >= 15 is 0 Å². The third-order valence-electron chi connectivity index (χ3n) is 3.78. The number of aryl methyl sites for hydroxylation is 1. The van der Waals surface area contributed by atoms with Gasteiger partial charge in [-0.2, -0.15) is 9.97 Å². The molecule has 10 nitrogen and oxygen atoms in total. The fraction of sp³-hybridized carbons (Fsp3) is 0.267. The van der Waals surface area contributed by atoms with E-state index in [4.69, 9.17) is 22.3 Å². The minimum atomic E-state index is -1.02. The van der Waals surface area contributed by atoms with Crippen LogP contribution in [0.15, 0.2) is 24.3 Å². The predicted octanol–water partition coefficient (Wildman–Crippen LogP) is 0.915. The molecule has 1 aromatic carbocycles. The molecule has 0 saturated heterocycles. The van der Waals surface area contributed by atoms with E-state index < -0.39 is 16.8 Å². The minimum Gasteiger partial charge on any atom is -0.478 e. The first-order chi connectivity index (χ1) is 11.8. The van der Waals surface area contributed by atoms with E-state index in [9.17, 15) is 14.9 Å². The van der Waals surface area contributed by atoms with E-state index in [0.29, 0.717) is 18.4 Å². The summed E-state index contributed by atoms with van der Waals surface area (Å²) in [5, 5.41) is 19.9. The van der Waals surface area contributed by atoms with Crippen LogP contribution < -0.4 is 17.2 Å². The molecule has 0 spiro atoms. The van der Waals surface area contributed by atoms with Crippen molar-refractivity contribution in [2.75, 3.05) is 23.7 Å². The number of carbonyl (C=O) groups is 1. The molecule has 0 bridgehead atoms. The normalized spacial score (nSPS) is 11.8. The van der Waals surface area contributed by atoms with Crippen LogP contribution in [-0.2, 0) is 6.42 Å². The first-order valence-electron chi connectivity index (χ1n) is 7.40. The average Bonchev–Trinajstić information content (AvgIpc) is 2.51. The number of hydrogen-bond acceptors (Lipinski definition) is 8. The Hall–Kier alpha value is -3.43. The lowest BCUT2D eigenvalue weighted by Gasteiger charge is -2.17. The number of benzene rings is 1. The quantitative estimate of drug-likeness (QED) is 0.417. The van der Waals surface area contributed by atoms with Gasteiger partial charge in [0.05, 0.1) is 11.5 Å². The number of aromatic carboxylic acids is 1. The Morgan fingerprint density at radius 2 is 1.72 bits per heavy atom. The second-order valence-corrected chi connectivity index (χ2v) is 5.52. The molecule has 0 aliphatic heterocycles. The number of nitro groups is 1. The molecule has 2 rings (SSSR count). The topological polar surface area (TPSA) is 184 Å². The smallest absolute Gasteiger partial charge is 0.335 e. The number of anilines is 3. The maximum Gasteiger partial charge on any atom is 0.335 e. The summed E-state index contributed by atoms with van der Waals surface area (Å²) < 4.78 is 0. The minimum absolute atomic E-state index is 0.0260. The fourth-order valence-electron chi connectivity index (χ4n) is 2.60. The van der Waals surface area contributed by atoms with Gasteiger partial charge in [-0.25, -0.2) is 4.79 Å². The molecular formula is C15H18N6O4. The molecule has 1 unspecified atom stereocenters. The number of nitrogens with zero attached hydrogens (tertiary/aromatic N) is 3. The van der Waals surface area contributed by atoms with Gasteiger partial charge in [0.2, 0.25) is 12.5 Å². The molecule has 1 aromatic heterocycles. The molecule has 0 fully saturated rings. The van der Waals surface area contributed by atoms with E-state index in [2.05, 4.69) is 9.97 Å². The van der Waals surface area contributed by atoms with Gasteiger partial charge in [0, 0.05) is 10.5 Å². The van der Waals surface area contributed by atoms with Gasteiger partial charge in [0.1, 0.15) is 11.6 Å². The van der Waals surface area contributed by atoms with Crippen molar-refractivity contribution in [3.8, 4) is 0 Å². The average molecular weight is 346 g/mol. The van der Waals surface area contributed by atoms with Crippen molar-refractivity contribution in [2.24, 2.45) is 0 Å². The molecule has 25 heavy (non-hydrogen) atoms. The van der Waals surface area contributed by atoms with Crippen molar-refractivity contribution in [3.05, 3.63) is 51.1 Å². The first kappa shape index (κ1) is 17.9. The van der Waals surface area contributed by atoms with Crippen molar-refractivity contribution in [3.63, 3.8) is 0 Å². The number of carboxylic acids is 1. The number of nitrogens with two attached hydrogens (primary N) is 3. The molecule has 2 aromatic rings. The van der Waals surface area contributed by atoms with Crippen LogP contribution in [0.2, 0.25) is 0 Å². The van der Waals surface area contributed by atoms with Gasteiger partial charge >= 0.3 is 5.97 Å². The number of nitrogen functional groups attached to an aromatic ring is 3. The lowest BCUT2D eigenvalue weighted by atomic mass is 9.92. The standard InChI is InChI=1S/C15H18N6O4/c16-12-11(13(17)20-15(18)19-12)10(7-21(24)25)6-3-8-1-4-9(5-2-8)14(22)23/h1-2,4-5,10H,3,6-7H2,(H,22,23)(H6,16,17,18,19,20). The Morgan fingerprint density at radius 1 is 1.16 bits per heavy atom. The van der Waals surface area contributed by atoms with Crippen LogP contribution in [0.4, 0.5) is 17.6 Å². The summed E-state index contributed by atoms with van der Waals surface area (Å²) in [6, 6.07) is 6.29. The molecule has 0 aliphatic carbocycles. The van der Waals surface area contributed by atoms with Crippen molar-refractivity contribution in [1.82, 2.24) is 9.97 Å². The molecule has 7 N–H and O–H groups in total. The number of carboxylic acid groups (broad SMARTS) is 1. The van der Waals surface area contributed by atoms with Gasteiger partial charge in [-0.05, 0) is 30.5 Å². The van der Waals surface area contributed by atoms with Crippen LogP contribution in [0.5, 0.6) is 0 Å². The maximum absolute atomic E-state index is 11.0. The maximum atomic E-state index is 11.0. The molecule has 0 radical (unpaired) electrons. The highest BCUT2D eigenvalue weighted by molar-refractivity contribution is 5.87. The van der Waals surface area contributed by atoms with E-state index in [1.807, 2.05) is 0 Å². The molecule has 132 valence electrons. The van der Waals surface area contributed by atoms with Crippen LogP contribution >= 0.6 is 0 Å². The fourth-order valence-corrected chi connectivity index (χ4v) is 2.60. The zero-order valence-electron chi connectivity index (χ0n) is 13.3. The number of aromatic nitrogens is 2. The summed E-state index contributed by atoms with van der Waals surface area (Å²) >= 11 is 0. The summed E-state index contributed by atoms with van der Waals surface area (Å²) in [6.45, 7) is -0.380. The Labute approximate surface area is 142 Å². The summed E-state index contributed by atoms with van der Waals surface area (Å²) in [6.07, 6.45) is 0.844. The summed E-state index contributed by atoms with van der Waals surface area (Å²) in [4.78, 5) is 29.1. The van der Waals surface area contributed by atoms with Crippen LogP contribution in [0.1, 0.15) is 33.8 Å². The van der Waals surface area contributed by atoms with Gasteiger partial charge in [0.15, 0.2) is 0 Å². The zero-order valence-corrected chi connectivity index (χ0v) is 13.3. The second kappa shape index (κ2) is 7.43. The Balaban J connectivity index is 2.21. The highest BCUT2D eigenvalue weighted by Crippen LogP contribution is 2.30. The van der Waals surface area contributed by atoms with E-state index in [-0.39, 0.29) is 29.7 Å². The molecule has 0 saturated carbocycles. The SMILES string of the molecule is Nc1nc(N)c(C(CCc2ccc(C(=O)O)cc2)C[N+](=O)[O-])c(N)n1. The van der Waals surface area contributed by atoms with Crippen molar-refractivity contribution < 1.29 is 14.8 Å². The number of hydrogen-bond donors (Lipinski definition) is 4. The summed E-state index contributed by atoms with van der Waals surface area (Å²) in [5.41, 5.74) is 18.4. The van der Waals surface area contributed by atoms with Gasteiger partial charge in [-0.15, -0.1) is 0 Å². The van der Waals surface area contributed by atoms with Crippen LogP contribution in [0.25, 0.3) is 0 Å². The van der Waals surface area contributed by atoms with Gasteiger partial charge in [0.25, 0.3) is 0 Å². The zero-order chi connectivity index (χ0) is 18.6. The number of rotatable bonds is 7. The Bertz CT molecular complexity index is 770. The molecular weight excluding hydrogens is 328 g/mol. The highest BCUT2D eigenvalue weighted by atomic mass is 16.6. The predicted molar refractivity (Wildman–Crippen MR) is 91.6 cm³/mol. The van der Waals surface area contributed by atoms with Crippen LogP contribution in [-0.4, -0.2) is 32.5 Å². The van der Waals surface area contributed by atoms with Crippen LogP contribution in [0, 0.1) is 10.1 Å². The van der Waals surface area contributed by atoms with Gasteiger partial charge < -0.3 is 22.3 Å². The highest BCUT2D eigenvalue weighted by Gasteiger charge is 2.24. The second-order valence-electron chi connectivity index (χ2n) is 5.52. The van der Waals surface area contributed by atoms with Crippen molar-refractivity contribution in [2.45, 2.75) is 18.8 Å². The van der Waals surface area contributed by atoms with Gasteiger partial charge in [-0.3, -0.25) is 10.1 Å². The lowest BCUT2D eigenvalue weighted by Crippen LogP contribution is -2.19. The molecule has 1 heterocycles. The molecule has 0 aliphatic rings. The van der Waals surface area contributed by atoms with Crippen molar-refractivity contribution in [1.29, 1.82) is 0 Å². The molecule has 0 amide bonds. The first-order valence-corrected chi connectivity index (χ1v) is 7.40. The largest absolute Gasteiger partial charge is 0.478 e. The monoisotopic (exact) mass is 346 g/mol. The van der Waals surface area contributed by atoms with Crippen molar-refractivity contribution >= 4 is 23.6 Å². The lowest BCUT2D eigenvalue weighted by molar-refractivity contribution is -0.483.